The average Bonchev–Trinajstić information content (AvgIpc) is 2.70. The number of aryl methyl sites for hydroxylation is 1. The third-order valence-electron chi connectivity index (χ3n) is 3.65. The summed E-state index contributed by atoms with van der Waals surface area (Å²) in [4.78, 5) is 24.3. The molecular formula is C20H21Br2N3O4S. The van der Waals surface area contributed by atoms with Gasteiger partial charge in [0.2, 0.25) is 0 Å². The van der Waals surface area contributed by atoms with E-state index in [-0.39, 0.29) is 11.7 Å². The molecule has 0 saturated carbocycles. The molecule has 0 aromatic heterocycles. The lowest BCUT2D eigenvalue weighted by atomic mass is 10.2. The van der Waals surface area contributed by atoms with Crippen molar-refractivity contribution in [1.29, 1.82) is 0 Å². The molecule has 0 aliphatic rings. The number of hydrogen-bond donors (Lipinski definition) is 3. The van der Waals surface area contributed by atoms with Crippen LogP contribution in [0.4, 0.5) is 0 Å². The molecule has 0 atom stereocenters. The smallest absolute Gasteiger partial charge is 0.276 e. The van der Waals surface area contributed by atoms with Crippen LogP contribution in [0.1, 0.15) is 29.3 Å². The van der Waals surface area contributed by atoms with Crippen molar-refractivity contribution in [2.75, 3.05) is 13.2 Å². The molecule has 0 aliphatic heterocycles. The third-order valence-corrected chi connectivity index (χ3v) is 4.90. The van der Waals surface area contributed by atoms with Crippen molar-refractivity contribution in [3.05, 3.63) is 56.5 Å². The van der Waals surface area contributed by atoms with Crippen molar-refractivity contribution in [3.63, 3.8) is 0 Å². The number of thiocarbonyl (C=S) groups is 1. The van der Waals surface area contributed by atoms with E-state index in [2.05, 4.69) is 48.0 Å². The van der Waals surface area contributed by atoms with Crippen molar-refractivity contribution in [2.24, 2.45) is 0 Å². The molecule has 2 amide bonds. The van der Waals surface area contributed by atoms with Crippen LogP contribution in [0.25, 0.3) is 0 Å². The van der Waals surface area contributed by atoms with Gasteiger partial charge in [0.25, 0.3) is 11.8 Å². The fraction of sp³-hybridized carbons (Fsp3) is 0.250. The summed E-state index contributed by atoms with van der Waals surface area (Å²) in [6.07, 6.45) is 0.867. The standard InChI is InChI=1S/C20H21Br2N3O4S/c1-3-7-28-15-6-4-5-13(9-15)19(27)23-20(30)25-24-17(26)11-29-18-12(2)8-14(21)10-16(18)22/h4-6,8-10H,3,7,11H2,1-2H3,(H,24,26)(H2,23,25,27,30). The number of carbonyl (C=O) groups excluding carboxylic acids is 2. The summed E-state index contributed by atoms with van der Waals surface area (Å²) in [5, 5.41) is 2.44. The lowest BCUT2D eigenvalue weighted by Crippen LogP contribution is -2.49. The fourth-order valence-electron chi connectivity index (χ4n) is 2.33. The van der Waals surface area contributed by atoms with Gasteiger partial charge >= 0.3 is 0 Å². The second-order valence-electron chi connectivity index (χ2n) is 6.16. The number of rotatable bonds is 7. The molecular weight excluding hydrogens is 538 g/mol. The third kappa shape index (κ3) is 7.58. The quantitative estimate of drug-likeness (QED) is 0.351. The van der Waals surface area contributed by atoms with Crippen LogP contribution in [0.2, 0.25) is 0 Å². The fourth-order valence-corrected chi connectivity index (χ4v) is 4.02. The van der Waals surface area contributed by atoms with Crippen LogP contribution in [-0.4, -0.2) is 30.1 Å². The first-order valence-corrected chi connectivity index (χ1v) is 11.0. The normalized spacial score (nSPS) is 10.1. The van der Waals surface area contributed by atoms with Gasteiger partial charge in [0.1, 0.15) is 11.5 Å². The zero-order chi connectivity index (χ0) is 22.1. The van der Waals surface area contributed by atoms with E-state index >= 15 is 0 Å². The van der Waals surface area contributed by atoms with Crippen LogP contribution in [0.3, 0.4) is 0 Å². The Morgan fingerprint density at radius 1 is 1.10 bits per heavy atom. The maximum atomic E-state index is 12.3. The highest BCUT2D eigenvalue weighted by atomic mass is 79.9. The molecule has 2 aromatic carbocycles. The molecule has 30 heavy (non-hydrogen) atoms. The van der Waals surface area contributed by atoms with E-state index in [0.717, 1.165) is 20.9 Å². The Balaban J connectivity index is 1.80. The number of ether oxygens (including phenoxy) is 2. The molecule has 0 aliphatic carbocycles. The zero-order valence-corrected chi connectivity index (χ0v) is 20.4. The van der Waals surface area contributed by atoms with E-state index in [9.17, 15) is 9.59 Å². The molecule has 0 bridgehead atoms. The van der Waals surface area contributed by atoms with E-state index in [1.54, 1.807) is 24.3 Å². The van der Waals surface area contributed by atoms with Crippen LogP contribution < -0.4 is 25.6 Å². The van der Waals surface area contributed by atoms with Crippen LogP contribution >= 0.6 is 44.1 Å². The monoisotopic (exact) mass is 557 g/mol. The van der Waals surface area contributed by atoms with Crippen LogP contribution in [0.15, 0.2) is 45.3 Å². The van der Waals surface area contributed by atoms with E-state index in [4.69, 9.17) is 21.7 Å². The minimum atomic E-state index is -0.462. The van der Waals surface area contributed by atoms with Crippen molar-refractivity contribution in [2.45, 2.75) is 20.3 Å². The summed E-state index contributed by atoms with van der Waals surface area (Å²) < 4.78 is 12.7. The van der Waals surface area contributed by atoms with E-state index < -0.39 is 11.8 Å². The molecule has 10 heteroatoms. The van der Waals surface area contributed by atoms with Gasteiger partial charge in [0.05, 0.1) is 11.1 Å². The molecule has 0 saturated heterocycles. The number of halogens is 2. The van der Waals surface area contributed by atoms with Gasteiger partial charge in [-0.2, -0.15) is 0 Å². The predicted octanol–water partition coefficient (Wildman–Crippen LogP) is 4.02. The largest absolute Gasteiger partial charge is 0.494 e. The summed E-state index contributed by atoms with van der Waals surface area (Å²) in [7, 11) is 0. The van der Waals surface area contributed by atoms with Gasteiger partial charge in [0.15, 0.2) is 11.7 Å². The second kappa shape index (κ2) is 11.9. The summed E-state index contributed by atoms with van der Waals surface area (Å²) in [6.45, 7) is 4.20. The van der Waals surface area contributed by atoms with E-state index in [0.29, 0.717) is 23.7 Å². The van der Waals surface area contributed by atoms with Gasteiger partial charge in [-0.3, -0.25) is 25.8 Å². The number of carbonyl (C=O) groups is 2. The molecule has 0 fully saturated rings. The Morgan fingerprint density at radius 3 is 2.57 bits per heavy atom. The van der Waals surface area contributed by atoms with Crippen molar-refractivity contribution < 1.29 is 19.1 Å². The molecule has 0 unspecified atom stereocenters. The maximum Gasteiger partial charge on any atom is 0.276 e. The number of nitrogens with one attached hydrogen (secondary N) is 3. The number of hydrogen-bond acceptors (Lipinski definition) is 5. The minimum Gasteiger partial charge on any atom is -0.494 e. The van der Waals surface area contributed by atoms with Gasteiger partial charge in [-0.05, 0) is 77.4 Å². The van der Waals surface area contributed by atoms with Crippen molar-refractivity contribution in [1.82, 2.24) is 16.2 Å². The first kappa shape index (κ1) is 24.1. The lowest BCUT2D eigenvalue weighted by Gasteiger charge is -2.13. The topological polar surface area (TPSA) is 88.7 Å². The molecule has 0 heterocycles. The Kier molecular flexibility index (Phi) is 9.54. The second-order valence-corrected chi connectivity index (χ2v) is 8.33. The van der Waals surface area contributed by atoms with Crippen molar-refractivity contribution in [3.8, 4) is 11.5 Å². The molecule has 0 radical (unpaired) electrons. The zero-order valence-electron chi connectivity index (χ0n) is 16.4. The molecule has 3 N–H and O–H groups in total. The Morgan fingerprint density at radius 2 is 1.87 bits per heavy atom. The van der Waals surface area contributed by atoms with Crippen LogP contribution in [0.5, 0.6) is 11.5 Å². The molecule has 2 aromatic rings. The van der Waals surface area contributed by atoms with Gasteiger partial charge in [-0.15, -0.1) is 0 Å². The highest BCUT2D eigenvalue weighted by molar-refractivity contribution is 9.11. The van der Waals surface area contributed by atoms with E-state index in [1.807, 2.05) is 26.0 Å². The SMILES string of the molecule is CCCOc1cccc(C(=O)NC(=S)NNC(=O)COc2c(C)cc(Br)cc2Br)c1. The maximum absolute atomic E-state index is 12.3. The minimum absolute atomic E-state index is 0.0470. The van der Waals surface area contributed by atoms with Gasteiger partial charge in [-0.1, -0.05) is 28.9 Å². The van der Waals surface area contributed by atoms with E-state index in [1.165, 1.54) is 0 Å². The summed E-state index contributed by atoms with van der Waals surface area (Å²) in [6, 6.07) is 10.5. The number of amides is 2. The first-order chi connectivity index (χ1) is 14.3. The summed E-state index contributed by atoms with van der Waals surface area (Å²) in [5.41, 5.74) is 6.11. The van der Waals surface area contributed by atoms with Gasteiger partial charge < -0.3 is 9.47 Å². The summed E-state index contributed by atoms with van der Waals surface area (Å²) >= 11 is 11.8. The Labute approximate surface area is 197 Å². The highest BCUT2D eigenvalue weighted by Crippen LogP contribution is 2.32. The van der Waals surface area contributed by atoms with Gasteiger partial charge in [-0.25, -0.2) is 0 Å². The number of hydrazine groups is 1. The molecule has 0 spiro atoms. The Hall–Kier alpha value is -2.17. The average molecular weight is 559 g/mol. The predicted molar refractivity (Wildman–Crippen MR) is 126 cm³/mol. The molecule has 7 nitrogen and oxygen atoms in total. The van der Waals surface area contributed by atoms with Crippen LogP contribution in [-0.2, 0) is 4.79 Å². The lowest BCUT2D eigenvalue weighted by molar-refractivity contribution is -0.123. The highest BCUT2D eigenvalue weighted by Gasteiger charge is 2.12. The molecule has 2 rings (SSSR count). The number of benzene rings is 2. The Bertz CT molecular complexity index is 917. The van der Waals surface area contributed by atoms with Gasteiger partial charge in [0, 0.05) is 10.0 Å². The van der Waals surface area contributed by atoms with Crippen LogP contribution in [0, 0.1) is 6.92 Å². The van der Waals surface area contributed by atoms with Crippen molar-refractivity contribution >= 4 is 61.0 Å². The first-order valence-electron chi connectivity index (χ1n) is 9.01. The summed E-state index contributed by atoms with van der Waals surface area (Å²) in [5.74, 6) is 0.280. The molecule has 160 valence electrons.